The van der Waals surface area contributed by atoms with Gasteiger partial charge in [0, 0.05) is 94.6 Å². The molecule has 1 N–H and O–H groups in total. The lowest BCUT2D eigenvalue weighted by molar-refractivity contribution is -0.130. The van der Waals surface area contributed by atoms with E-state index in [1.807, 2.05) is 61.8 Å². The van der Waals surface area contributed by atoms with Crippen LogP contribution in [0.5, 0.6) is 5.75 Å². The number of nitrogens with zero attached hydrogens (tertiary/aromatic N) is 6. The van der Waals surface area contributed by atoms with Crippen molar-refractivity contribution in [2.45, 2.75) is 59.8 Å². The summed E-state index contributed by atoms with van der Waals surface area (Å²) in [5.41, 5.74) is 3.89. The summed E-state index contributed by atoms with van der Waals surface area (Å²) in [5, 5.41) is 4.11. The zero-order chi connectivity index (χ0) is 34.3. The van der Waals surface area contributed by atoms with Crippen molar-refractivity contribution in [1.29, 1.82) is 0 Å². The van der Waals surface area contributed by atoms with Crippen LogP contribution in [0.2, 0.25) is 0 Å². The third kappa shape index (κ3) is 10.0. The molecule has 3 amide bonds. The van der Waals surface area contributed by atoms with Gasteiger partial charge in [0.25, 0.3) is 0 Å². The van der Waals surface area contributed by atoms with Crippen LogP contribution in [0.15, 0.2) is 48.8 Å². The normalized spacial score (nSPS) is 17.1. The van der Waals surface area contributed by atoms with Crippen LogP contribution in [0, 0.1) is 0 Å². The van der Waals surface area contributed by atoms with Gasteiger partial charge in [0.15, 0.2) is 0 Å². The fourth-order valence-corrected chi connectivity index (χ4v) is 6.37. The van der Waals surface area contributed by atoms with Gasteiger partial charge in [-0.15, -0.1) is 0 Å². The smallest absolute Gasteiger partial charge is 0.321 e. The van der Waals surface area contributed by atoms with E-state index in [1.165, 1.54) is 0 Å². The maximum absolute atomic E-state index is 13.0. The number of benzene rings is 2. The number of amides is 3. The molecule has 0 radical (unpaired) electrons. The van der Waals surface area contributed by atoms with Crippen molar-refractivity contribution in [2.75, 3.05) is 88.9 Å². The van der Waals surface area contributed by atoms with Crippen LogP contribution < -0.4 is 15.0 Å². The number of aromatic nitrogens is 2. The lowest BCUT2D eigenvalue weighted by Gasteiger charge is -2.34. The molecule has 4 heterocycles. The van der Waals surface area contributed by atoms with Gasteiger partial charge in [0.05, 0.1) is 31.0 Å². The van der Waals surface area contributed by atoms with E-state index < -0.39 is 0 Å². The van der Waals surface area contributed by atoms with E-state index in [2.05, 4.69) is 43.3 Å². The van der Waals surface area contributed by atoms with E-state index in [-0.39, 0.29) is 17.9 Å². The predicted molar refractivity (Wildman–Crippen MR) is 193 cm³/mol. The molecule has 3 saturated heterocycles. The number of hydrogen-bond acceptors (Lipinski definition) is 8. The van der Waals surface area contributed by atoms with Crippen molar-refractivity contribution in [1.82, 2.24) is 24.7 Å². The molecule has 3 aromatic rings. The molecule has 2 aromatic carbocycles. The molecule has 48 heavy (non-hydrogen) atoms. The molecule has 0 unspecified atom stereocenters. The van der Waals surface area contributed by atoms with Crippen molar-refractivity contribution < 1.29 is 19.1 Å². The number of carbonyl (C=O) groups excluding carboxylic acids is 2. The molecule has 0 atom stereocenters. The largest absolute Gasteiger partial charge is 0.493 e. The van der Waals surface area contributed by atoms with Gasteiger partial charge in [0.2, 0.25) is 5.91 Å². The highest BCUT2D eigenvalue weighted by atomic mass is 16.5. The Morgan fingerprint density at radius 2 is 1.54 bits per heavy atom. The molecule has 262 valence electrons. The second kappa shape index (κ2) is 19.1. The zero-order valence-corrected chi connectivity index (χ0v) is 29.6. The number of fused-ring (bicyclic) bond motifs is 1. The molecule has 3 aliphatic rings. The summed E-state index contributed by atoms with van der Waals surface area (Å²) >= 11 is 0. The summed E-state index contributed by atoms with van der Waals surface area (Å²) < 4.78 is 11.5. The number of ether oxygens (including phenoxy) is 2. The number of morpholine rings is 1. The number of likely N-dealkylation sites (tertiary alicyclic amines) is 1. The standard InChI is InChI=1S/C33H43N7O4.2C2H6/c1-25(41)38-16-14-37(15-17-38)11-2-20-44-29-7-8-30-31(23-29)34-24-35-32(30)26-9-12-40(13-10-26)33(42)36-27-3-5-28(6-4-27)39-18-21-43-22-19-39;2*1-2/h3-8,23-24,26H,2,9-22H2,1H3,(H,36,42);2*1-2H3. The predicted octanol–water partition coefficient (Wildman–Crippen LogP) is 5.86. The van der Waals surface area contributed by atoms with Gasteiger partial charge >= 0.3 is 6.03 Å². The van der Waals surface area contributed by atoms with Crippen molar-refractivity contribution in [3.05, 3.63) is 54.5 Å². The van der Waals surface area contributed by atoms with Gasteiger partial charge in [0.1, 0.15) is 12.1 Å². The number of piperidine rings is 1. The van der Waals surface area contributed by atoms with Gasteiger partial charge in [-0.05, 0) is 55.7 Å². The quantitative estimate of drug-likeness (QED) is 0.300. The summed E-state index contributed by atoms with van der Waals surface area (Å²) in [6, 6.07) is 14.1. The average molecular weight is 662 g/mol. The Hall–Kier alpha value is -3.96. The monoisotopic (exact) mass is 661 g/mol. The molecule has 11 nitrogen and oxygen atoms in total. The van der Waals surface area contributed by atoms with Crippen LogP contribution in [0.25, 0.3) is 10.9 Å². The van der Waals surface area contributed by atoms with E-state index in [9.17, 15) is 9.59 Å². The van der Waals surface area contributed by atoms with Crippen molar-refractivity contribution >= 4 is 34.2 Å². The molecule has 11 heteroatoms. The summed E-state index contributed by atoms with van der Waals surface area (Å²) in [6.45, 7) is 19.3. The molecule has 3 aliphatic heterocycles. The van der Waals surface area contributed by atoms with Crippen molar-refractivity contribution in [3.63, 3.8) is 0 Å². The molecule has 3 fully saturated rings. The number of nitrogens with one attached hydrogen (secondary N) is 1. The van der Waals surface area contributed by atoms with Crippen LogP contribution in [0.1, 0.15) is 65.5 Å². The van der Waals surface area contributed by atoms with Crippen LogP contribution in [-0.2, 0) is 9.53 Å². The molecule has 6 rings (SSSR count). The minimum absolute atomic E-state index is 0.0600. The van der Waals surface area contributed by atoms with Gasteiger partial charge in [-0.25, -0.2) is 14.8 Å². The van der Waals surface area contributed by atoms with E-state index >= 15 is 0 Å². The number of anilines is 2. The first kappa shape index (κ1) is 36.9. The van der Waals surface area contributed by atoms with Gasteiger partial charge in [-0.1, -0.05) is 27.7 Å². The molecule has 0 spiro atoms. The Morgan fingerprint density at radius 1 is 0.854 bits per heavy atom. The lowest BCUT2D eigenvalue weighted by atomic mass is 9.91. The van der Waals surface area contributed by atoms with Crippen LogP contribution in [0.4, 0.5) is 16.2 Å². The second-order valence-corrected chi connectivity index (χ2v) is 11.8. The Labute approximate surface area is 286 Å². The number of urea groups is 1. The van der Waals surface area contributed by atoms with E-state index in [0.717, 1.165) is 112 Å². The maximum Gasteiger partial charge on any atom is 0.321 e. The molecule has 1 aromatic heterocycles. The highest BCUT2D eigenvalue weighted by Crippen LogP contribution is 2.32. The molecular formula is C37H55N7O4. The number of hydrogen-bond donors (Lipinski definition) is 1. The topological polar surface area (TPSA) is 103 Å². The van der Waals surface area contributed by atoms with Crippen molar-refractivity contribution in [3.8, 4) is 5.75 Å². The average Bonchev–Trinajstić information content (AvgIpc) is 3.15. The molecule has 0 bridgehead atoms. The van der Waals surface area contributed by atoms with Gasteiger partial charge in [-0.3, -0.25) is 9.69 Å². The zero-order valence-electron chi connectivity index (χ0n) is 29.6. The van der Waals surface area contributed by atoms with Crippen molar-refractivity contribution in [2.24, 2.45) is 0 Å². The highest BCUT2D eigenvalue weighted by molar-refractivity contribution is 5.89. The van der Waals surface area contributed by atoms with Crippen LogP contribution in [-0.4, -0.2) is 115 Å². The highest BCUT2D eigenvalue weighted by Gasteiger charge is 2.26. The van der Waals surface area contributed by atoms with Gasteiger partial charge in [-0.2, -0.15) is 0 Å². The summed E-state index contributed by atoms with van der Waals surface area (Å²) in [5.74, 6) is 1.24. The SMILES string of the molecule is CC.CC.CC(=O)N1CCN(CCCOc2ccc3c(C4CCN(C(=O)Nc5ccc(N6CCOCC6)cc5)CC4)ncnc3c2)CC1. The Bertz CT molecular complexity index is 1410. The molecule has 0 aliphatic carbocycles. The third-order valence-electron chi connectivity index (χ3n) is 9.01. The van der Waals surface area contributed by atoms with E-state index in [0.29, 0.717) is 19.7 Å². The first-order valence-corrected chi connectivity index (χ1v) is 17.9. The molecular weight excluding hydrogens is 606 g/mol. The van der Waals surface area contributed by atoms with Gasteiger partial charge < -0.3 is 29.5 Å². The Kier molecular flexibility index (Phi) is 14.7. The van der Waals surface area contributed by atoms with Crippen LogP contribution >= 0.6 is 0 Å². The first-order chi connectivity index (χ1) is 23.5. The number of rotatable bonds is 8. The Morgan fingerprint density at radius 3 is 2.21 bits per heavy atom. The fourth-order valence-electron chi connectivity index (χ4n) is 6.37. The number of carbonyl (C=O) groups is 2. The summed E-state index contributed by atoms with van der Waals surface area (Å²) in [7, 11) is 0. The summed E-state index contributed by atoms with van der Waals surface area (Å²) in [6.07, 6.45) is 4.28. The van der Waals surface area contributed by atoms with E-state index in [4.69, 9.17) is 9.47 Å². The maximum atomic E-state index is 13.0. The number of piperazine rings is 1. The van der Waals surface area contributed by atoms with E-state index in [1.54, 1.807) is 13.3 Å². The lowest BCUT2D eigenvalue weighted by Crippen LogP contribution is -2.48. The second-order valence-electron chi connectivity index (χ2n) is 11.8. The minimum Gasteiger partial charge on any atom is -0.493 e. The first-order valence-electron chi connectivity index (χ1n) is 17.9. The third-order valence-corrected chi connectivity index (χ3v) is 9.01. The minimum atomic E-state index is -0.0600. The summed E-state index contributed by atoms with van der Waals surface area (Å²) in [4.78, 5) is 42.2. The fraction of sp³-hybridized carbons (Fsp3) is 0.568. The Balaban J connectivity index is 0.00000125. The molecule has 0 saturated carbocycles. The van der Waals surface area contributed by atoms with Crippen LogP contribution in [0.3, 0.4) is 0 Å².